The fraction of sp³-hybridized carbons (Fsp3) is 0.182. The Balaban J connectivity index is 1.70. The van der Waals surface area contributed by atoms with Crippen LogP contribution < -0.4 is 21.6 Å². The first-order valence-electron chi connectivity index (χ1n) is 10.7. The van der Waals surface area contributed by atoms with E-state index in [-0.39, 0.29) is 45.6 Å². The number of amides is 2. The molecule has 2 amide bonds. The highest BCUT2D eigenvalue weighted by Gasteiger charge is 2.40. The number of nitriles is 1. The maximum atomic E-state index is 13.5. The van der Waals surface area contributed by atoms with Gasteiger partial charge in [-0.2, -0.15) is 23.5 Å². The summed E-state index contributed by atoms with van der Waals surface area (Å²) >= 11 is 6.27. The molecule has 0 atom stereocenters. The largest absolute Gasteiger partial charge is 0.452 e. The van der Waals surface area contributed by atoms with Crippen LogP contribution in [0.25, 0.3) is 5.82 Å². The monoisotopic (exact) mass is 546 g/mol. The van der Waals surface area contributed by atoms with E-state index in [1.807, 2.05) is 6.07 Å². The highest BCUT2D eigenvalue weighted by molar-refractivity contribution is 6.32. The quantitative estimate of drug-likeness (QED) is 0.368. The average Bonchev–Trinajstić information content (AvgIpc) is 3.52. The molecule has 16 heteroatoms. The van der Waals surface area contributed by atoms with Gasteiger partial charge >= 0.3 is 6.18 Å². The smallest absolute Gasteiger partial charge is 0.355 e. The number of benzene rings is 1. The van der Waals surface area contributed by atoms with Crippen molar-refractivity contribution in [3.63, 3.8) is 0 Å². The minimum Gasteiger partial charge on any atom is -0.355 e. The lowest BCUT2D eigenvalue weighted by Gasteiger charge is -2.14. The van der Waals surface area contributed by atoms with E-state index < -0.39 is 23.8 Å². The molecule has 1 aliphatic rings. The number of carbonyl (C=O) groups excluding carboxylic acids is 2. The second kappa shape index (κ2) is 10.4. The third-order valence-electron chi connectivity index (χ3n) is 5.22. The summed E-state index contributed by atoms with van der Waals surface area (Å²) < 4.78 is 39.9. The maximum absolute atomic E-state index is 13.5. The number of hydrazine groups is 2. The van der Waals surface area contributed by atoms with Crippen LogP contribution in [0, 0.1) is 18.3 Å². The summed E-state index contributed by atoms with van der Waals surface area (Å²) in [5.74, 6) is -2.42. The molecule has 0 unspecified atom stereocenters. The van der Waals surface area contributed by atoms with Gasteiger partial charge in [0.15, 0.2) is 5.82 Å². The third-order valence-corrected chi connectivity index (χ3v) is 5.51. The van der Waals surface area contributed by atoms with Crippen LogP contribution in [0.15, 0.2) is 41.6 Å². The van der Waals surface area contributed by atoms with E-state index in [4.69, 9.17) is 11.6 Å². The summed E-state index contributed by atoms with van der Waals surface area (Å²) in [6, 6.07) is 9.22. The number of halogens is 4. The number of aryl methyl sites for hydroxylation is 1. The van der Waals surface area contributed by atoms with E-state index in [0.29, 0.717) is 5.56 Å². The zero-order valence-corrected chi connectivity index (χ0v) is 20.4. The molecule has 2 aromatic heterocycles. The molecule has 1 aromatic carbocycles. The predicted molar refractivity (Wildman–Crippen MR) is 129 cm³/mol. The normalized spacial score (nSPS) is 13.2. The minimum atomic E-state index is -4.70. The Labute approximate surface area is 218 Å². The van der Waals surface area contributed by atoms with E-state index in [9.17, 15) is 28.0 Å². The van der Waals surface area contributed by atoms with Gasteiger partial charge in [-0.1, -0.05) is 11.6 Å². The van der Waals surface area contributed by atoms with Gasteiger partial charge in [-0.25, -0.2) is 15.2 Å². The first kappa shape index (κ1) is 26.4. The SMILES string of the molecule is CNC(=O)c1cc(C#N)cc(C)c1NC(=O)c1cc(CN2NN=C(C(F)(F)F)N2)nn1-c1ncccc1Cl. The van der Waals surface area contributed by atoms with Crippen molar-refractivity contribution in [3.8, 4) is 11.9 Å². The molecular weight excluding hydrogens is 529 g/mol. The third kappa shape index (κ3) is 5.36. The van der Waals surface area contributed by atoms with E-state index in [0.717, 1.165) is 9.80 Å². The minimum absolute atomic E-state index is 0.0573. The van der Waals surface area contributed by atoms with Crippen molar-refractivity contribution >= 4 is 34.9 Å². The highest BCUT2D eigenvalue weighted by Crippen LogP contribution is 2.26. The van der Waals surface area contributed by atoms with Crippen LogP contribution in [-0.4, -0.2) is 50.8 Å². The van der Waals surface area contributed by atoms with Gasteiger partial charge in [0.2, 0.25) is 5.84 Å². The molecule has 0 saturated carbocycles. The van der Waals surface area contributed by atoms with Crippen molar-refractivity contribution in [2.75, 3.05) is 12.4 Å². The number of hydrogen-bond donors (Lipinski definition) is 4. The molecule has 0 spiro atoms. The zero-order chi connectivity index (χ0) is 27.6. The number of nitrogens with zero attached hydrogens (tertiary/aromatic N) is 6. The van der Waals surface area contributed by atoms with Crippen molar-refractivity contribution < 1.29 is 22.8 Å². The number of hydrogen-bond acceptors (Lipinski definition) is 9. The van der Waals surface area contributed by atoms with E-state index in [2.05, 4.69) is 36.8 Å². The molecule has 1 aliphatic heterocycles. The Bertz CT molecular complexity index is 1500. The van der Waals surface area contributed by atoms with Gasteiger partial charge in [-0.3, -0.25) is 15.0 Å². The molecule has 3 aromatic rings. The molecule has 0 aliphatic carbocycles. The predicted octanol–water partition coefficient (Wildman–Crippen LogP) is 2.41. The highest BCUT2D eigenvalue weighted by atomic mass is 35.5. The summed E-state index contributed by atoms with van der Waals surface area (Å²) in [5, 5.41) is 23.0. The molecule has 196 valence electrons. The fourth-order valence-corrected chi connectivity index (χ4v) is 3.73. The first-order valence-corrected chi connectivity index (χ1v) is 11.1. The number of alkyl halides is 3. The van der Waals surface area contributed by atoms with E-state index >= 15 is 0 Å². The van der Waals surface area contributed by atoms with Crippen LogP contribution in [0.3, 0.4) is 0 Å². The summed E-state index contributed by atoms with van der Waals surface area (Å²) in [6.45, 7) is 1.37. The topological polar surface area (TPSA) is 152 Å². The van der Waals surface area contributed by atoms with Crippen molar-refractivity contribution in [1.82, 2.24) is 36.2 Å². The summed E-state index contributed by atoms with van der Waals surface area (Å²) in [5.41, 5.74) is 5.19. The second-order valence-corrected chi connectivity index (χ2v) is 8.27. The molecule has 0 bridgehead atoms. The lowest BCUT2D eigenvalue weighted by atomic mass is 10.0. The summed E-state index contributed by atoms with van der Waals surface area (Å²) in [7, 11) is 1.40. The van der Waals surface area contributed by atoms with Crippen LogP contribution in [0.4, 0.5) is 18.9 Å². The Morgan fingerprint density at radius 2 is 2.00 bits per heavy atom. The Morgan fingerprint density at radius 1 is 1.24 bits per heavy atom. The number of aromatic nitrogens is 3. The Kier molecular flexibility index (Phi) is 7.19. The lowest BCUT2D eigenvalue weighted by Crippen LogP contribution is -2.44. The van der Waals surface area contributed by atoms with Gasteiger partial charge in [0.25, 0.3) is 11.8 Å². The molecule has 0 saturated heterocycles. The number of nitrogens with one attached hydrogen (secondary N) is 4. The number of rotatable bonds is 6. The van der Waals surface area contributed by atoms with Crippen LogP contribution in [0.5, 0.6) is 0 Å². The van der Waals surface area contributed by atoms with Crippen molar-refractivity contribution in [1.29, 1.82) is 5.26 Å². The van der Waals surface area contributed by atoms with Gasteiger partial charge < -0.3 is 10.6 Å². The molecule has 38 heavy (non-hydrogen) atoms. The number of carbonyl (C=O) groups is 2. The van der Waals surface area contributed by atoms with Gasteiger partial charge in [-0.05, 0) is 42.8 Å². The zero-order valence-electron chi connectivity index (χ0n) is 19.7. The van der Waals surface area contributed by atoms with Gasteiger partial charge in [0, 0.05) is 13.2 Å². The molecule has 4 N–H and O–H groups in total. The molecule has 0 radical (unpaired) electrons. The molecule has 4 rings (SSSR count). The number of anilines is 1. The van der Waals surface area contributed by atoms with Gasteiger partial charge in [0.05, 0.1) is 40.1 Å². The maximum Gasteiger partial charge on any atom is 0.452 e. The van der Waals surface area contributed by atoms with Crippen molar-refractivity contribution in [2.24, 2.45) is 5.10 Å². The standard InChI is InChI=1S/C22H18ClF3N10O2/c1-11-6-12(9-27)7-14(19(37)28-2)17(11)30-20(38)16-8-13(10-35-33-21(31-34-35)22(24,25)26)32-36(16)18-15(23)4-3-5-29-18/h3-8,34H,10H2,1-2H3,(H,28,37)(H,30,38)(H,31,33). The van der Waals surface area contributed by atoms with Crippen LogP contribution in [0.2, 0.25) is 5.02 Å². The molecule has 12 nitrogen and oxygen atoms in total. The number of pyridine rings is 1. The van der Waals surface area contributed by atoms with Crippen molar-refractivity contribution in [3.05, 3.63) is 69.6 Å². The lowest BCUT2D eigenvalue weighted by molar-refractivity contribution is -0.0634. The Hall–Kier alpha value is -4.68. The van der Waals surface area contributed by atoms with Gasteiger partial charge in [0.1, 0.15) is 5.69 Å². The summed E-state index contributed by atoms with van der Waals surface area (Å²) in [4.78, 5) is 30.1. The summed E-state index contributed by atoms with van der Waals surface area (Å²) in [6.07, 6.45) is -3.28. The first-order chi connectivity index (χ1) is 18.0. The molecule has 3 heterocycles. The van der Waals surface area contributed by atoms with E-state index in [1.54, 1.807) is 13.0 Å². The van der Waals surface area contributed by atoms with Crippen LogP contribution >= 0.6 is 11.6 Å². The van der Waals surface area contributed by atoms with Crippen LogP contribution in [0.1, 0.15) is 37.7 Å². The molecular formula is C22H18ClF3N10O2. The second-order valence-electron chi connectivity index (χ2n) is 7.86. The number of amidine groups is 1. The van der Waals surface area contributed by atoms with Crippen LogP contribution in [-0.2, 0) is 6.54 Å². The average molecular weight is 547 g/mol. The van der Waals surface area contributed by atoms with Gasteiger partial charge in [-0.15, -0.1) is 10.2 Å². The van der Waals surface area contributed by atoms with E-state index in [1.165, 1.54) is 37.5 Å². The Morgan fingerprint density at radius 3 is 2.63 bits per heavy atom. The number of hydrazone groups is 1. The fourth-order valence-electron chi connectivity index (χ4n) is 3.52. The van der Waals surface area contributed by atoms with Crippen molar-refractivity contribution in [2.45, 2.75) is 19.6 Å². The molecule has 0 fully saturated rings.